The highest BCUT2D eigenvalue weighted by Crippen LogP contribution is 2.24. The van der Waals surface area contributed by atoms with Crippen molar-refractivity contribution in [3.63, 3.8) is 0 Å². The summed E-state index contributed by atoms with van der Waals surface area (Å²) < 4.78 is 0. The van der Waals surface area contributed by atoms with Crippen LogP contribution in [0.25, 0.3) is 0 Å². The predicted molar refractivity (Wildman–Crippen MR) is 120 cm³/mol. The van der Waals surface area contributed by atoms with E-state index in [0.717, 1.165) is 11.1 Å². The second kappa shape index (κ2) is 9.84. The molecule has 2 aromatic carbocycles. The monoisotopic (exact) mass is 454 g/mol. The molecule has 0 spiro atoms. The number of nitrogens with one attached hydrogen (secondary N) is 1. The van der Waals surface area contributed by atoms with E-state index in [-0.39, 0.29) is 24.8 Å². The minimum atomic E-state index is -0.680. The van der Waals surface area contributed by atoms with Gasteiger partial charge < -0.3 is 10.2 Å². The van der Waals surface area contributed by atoms with Gasteiger partial charge >= 0.3 is 0 Å². The van der Waals surface area contributed by atoms with Crippen LogP contribution in [0.4, 0.5) is 0 Å². The van der Waals surface area contributed by atoms with Crippen LogP contribution in [0.5, 0.6) is 0 Å². The molecule has 0 saturated heterocycles. The highest BCUT2D eigenvalue weighted by molar-refractivity contribution is 6.42. The molecule has 0 aliphatic rings. The van der Waals surface area contributed by atoms with Gasteiger partial charge in [-0.3, -0.25) is 9.59 Å². The Hall–Kier alpha value is -1.75. The van der Waals surface area contributed by atoms with Gasteiger partial charge in [-0.25, -0.2) is 0 Å². The van der Waals surface area contributed by atoms with Gasteiger partial charge in [-0.05, 0) is 57.0 Å². The van der Waals surface area contributed by atoms with Gasteiger partial charge in [-0.2, -0.15) is 0 Å². The molecule has 0 saturated carbocycles. The normalized spacial score (nSPS) is 12.4. The third-order valence-electron chi connectivity index (χ3n) is 4.30. The number of hydrogen-bond acceptors (Lipinski definition) is 2. The fourth-order valence-electron chi connectivity index (χ4n) is 2.79. The Labute approximate surface area is 187 Å². The van der Waals surface area contributed by atoms with Crippen molar-refractivity contribution in [1.29, 1.82) is 0 Å². The van der Waals surface area contributed by atoms with Gasteiger partial charge in [-0.1, -0.05) is 59.1 Å². The zero-order valence-corrected chi connectivity index (χ0v) is 19.2. The Morgan fingerprint density at radius 3 is 2.24 bits per heavy atom. The van der Waals surface area contributed by atoms with Crippen LogP contribution in [0.1, 0.15) is 38.8 Å². The van der Waals surface area contributed by atoms with Crippen molar-refractivity contribution in [3.8, 4) is 0 Å². The SMILES string of the molecule is C[C@@H](C(=O)NC(C)(C)C)N(Cc1ccccc1Cl)C(=O)Cc1ccc(Cl)c(Cl)c1. The van der Waals surface area contributed by atoms with E-state index >= 15 is 0 Å². The van der Waals surface area contributed by atoms with Gasteiger partial charge in [0.2, 0.25) is 11.8 Å². The second-order valence-corrected chi connectivity index (χ2v) is 9.18. The van der Waals surface area contributed by atoms with E-state index in [1.807, 2.05) is 39.0 Å². The summed E-state index contributed by atoms with van der Waals surface area (Å²) >= 11 is 18.3. The molecular weight excluding hydrogens is 431 g/mol. The van der Waals surface area contributed by atoms with E-state index in [4.69, 9.17) is 34.8 Å². The van der Waals surface area contributed by atoms with Crippen LogP contribution >= 0.6 is 34.8 Å². The molecule has 0 fully saturated rings. The molecule has 4 nitrogen and oxygen atoms in total. The first kappa shape index (κ1) is 23.5. The summed E-state index contributed by atoms with van der Waals surface area (Å²) in [6.45, 7) is 7.62. The number of amides is 2. The van der Waals surface area contributed by atoms with Crippen LogP contribution in [0.2, 0.25) is 15.1 Å². The summed E-state index contributed by atoms with van der Waals surface area (Å²) in [6.07, 6.45) is 0.0917. The Balaban J connectivity index is 2.29. The molecule has 2 amide bonds. The van der Waals surface area contributed by atoms with Gasteiger partial charge in [0.05, 0.1) is 16.5 Å². The number of benzene rings is 2. The van der Waals surface area contributed by atoms with E-state index in [1.54, 1.807) is 31.2 Å². The van der Waals surface area contributed by atoms with Gasteiger partial charge in [0.1, 0.15) is 6.04 Å². The third kappa shape index (κ3) is 6.91. The molecule has 0 heterocycles. The minimum Gasteiger partial charge on any atom is -0.350 e. The molecule has 7 heteroatoms. The molecule has 1 N–H and O–H groups in total. The lowest BCUT2D eigenvalue weighted by Crippen LogP contribution is -2.52. The lowest BCUT2D eigenvalue weighted by molar-refractivity contribution is -0.140. The van der Waals surface area contributed by atoms with Crippen molar-refractivity contribution in [3.05, 3.63) is 68.7 Å². The summed E-state index contributed by atoms with van der Waals surface area (Å²) in [5.74, 6) is -0.438. The quantitative estimate of drug-likeness (QED) is 0.623. The number of carbonyl (C=O) groups is 2. The average molecular weight is 456 g/mol. The molecule has 2 rings (SSSR count). The molecule has 0 bridgehead atoms. The smallest absolute Gasteiger partial charge is 0.242 e. The Kier molecular flexibility index (Phi) is 7.98. The first-order valence-corrected chi connectivity index (χ1v) is 10.4. The van der Waals surface area contributed by atoms with Crippen molar-refractivity contribution < 1.29 is 9.59 Å². The molecule has 0 radical (unpaired) electrons. The zero-order chi connectivity index (χ0) is 21.8. The summed E-state index contributed by atoms with van der Waals surface area (Å²) in [5.41, 5.74) is 1.08. The van der Waals surface area contributed by atoms with Crippen LogP contribution in [0, 0.1) is 0 Å². The van der Waals surface area contributed by atoms with Crippen molar-refractivity contribution in [2.75, 3.05) is 0 Å². The van der Waals surface area contributed by atoms with Gasteiger partial charge in [0, 0.05) is 17.1 Å². The van der Waals surface area contributed by atoms with Crippen LogP contribution in [-0.4, -0.2) is 28.3 Å². The highest BCUT2D eigenvalue weighted by Gasteiger charge is 2.28. The topological polar surface area (TPSA) is 49.4 Å². The number of halogens is 3. The average Bonchev–Trinajstić information content (AvgIpc) is 2.62. The van der Waals surface area contributed by atoms with Crippen LogP contribution in [-0.2, 0) is 22.6 Å². The minimum absolute atomic E-state index is 0.0917. The number of hydrogen-bond donors (Lipinski definition) is 1. The van der Waals surface area contributed by atoms with E-state index in [1.165, 1.54) is 4.90 Å². The fraction of sp³-hybridized carbons (Fsp3) is 0.364. The van der Waals surface area contributed by atoms with E-state index in [0.29, 0.717) is 15.1 Å². The maximum atomic E-state index is 13.2. The van der Waals surface area contributed by atoms with Crippen LogP contribution in [0.15, 0.2) is 42.5 Å². The van der Waals surface area contributed by atoms with Crippen molar-refractivity contribution in [2.45, 2.75) is 52.2 Å². The Morgan fingerprint density at radius 2 is 1.66 bits per heavy atom. The van der Waals surface area contributed by atoms with Gasteiger partial charge in [0.25, 0.3) is 0 Å². The van der Waals surface area contributed by atoms with Crippen LogP contribution in [0.3, 0.4) is 0 Å². The molecule has 29 heavy (non-hydrogen) atoms. The molecule has 0 unspecified atom stereocenters. The molecule has 1 atom stereocenters. The molecule has 0 aromatic heterocycles. The summed E-state index contributed by atoms with van der Waals surface area (Å²) in [6, 6.07) is 11.7. The lowest BCUT2D eigenvalue weighted by atomic mass is 10.1. The summed E-state index contributed by atoms with van der Waals surface area (Å²) in [4.78, 5) is 27.4. The molecular formula is C22H25Cl3N2O2. The molecule has 0 aliphatic carbocycles. The van der Waals surface area contributed by atoms with Gasteiger partial charge in [0.15, 0.2) is 0 Å². The highest BCUT2D eigenvalue weighted by atomic mass is 35.5. The third-order valence-corrected chi connectivity index (χ3v) is 5.41. The van der Waals surface area contributed by atoms with Crippen LogP contribution < -0.4 is 5.32 Å². The zero-order valence-electron chi connectivity index (χ0n) is 16.9. The first-order chi connectivity index (χ1) is 13.5. The van der Waals surface area contributed by atoms with E-state index < -0.39 is 11.6 Å². The van der Waals surface area contributed by atoms with Crippen molar-refractivity contribution in [1.82, 2.24) is 10.2 Å². The number of rotatable bonds is 6. The Bertz CT molecular complexity index is 894. The molecule has 0 aliphatic heterocycles. The van der Waals surface area contributed by atoms with Crippen molar-refractivity contribution in [2.24, 2.45) is 0 Å². The molecule has 2 aromatic rings. The van der Waals surface area contributed by atoms with Crippen molar-refractivity contribution >= 4 is 46.6 Å². The lowest BCUT2D eigenvalue weighted by Gasteiger charge is -2.31. The fourth-order valence-corrected chi connectivity index (χ4v) is 3.31. The largest absolute Gasteiger partial charge is 0.350 e. The molecule has 156 valence electrons. The van der Waals surface area contributed by atoms with Gasteiger partial charge in [-0.15, -0.1) is 0 Å². The van der Waals surface area contributed by atoms with E-state index in [2.05, 4.69) is 5.32 Å². The standard InChI is InChI=1S/C22H25Cl3N2O2/c1-14(21(29)26-22(2,3)4)27(13-16-7-5-6-8-17(16)23)20(28)12-15-9-10-18(24)19(25)11-15/h5-11,14H,12-13H2,1-4H3,(H,26,29)/t14-/m0/s1. The number of carbonyl (C=O) groups excluding carboxylic acids is 2. The Morgan fingerprint density at radius 1 is 1.00 bits per heavy atom. The summed E-state index contributed by atoms with van der Waals surface area (Å²) in [7, 11) is 0. The first-order valence-electron chi connectivity index (χ1n) is 9.27. The maximum Gasteiger partial charge on any atom is 0.242 e. The second-order valence-electron chi connectivity index (χ2n) is 7.95. The van der Waals surface area contributed by atoms with E-state index in [9.17, 15) is 9.59 Å². The summed E-state index contributed by atoms with van der Waals surface area (Å²) in [5, 5.41) is 4.28. The number of nitrogens with zero attached hydrogens (tertiary/aromatic N) is 1. The maximum absolute atomic E-state index is 13.2. The predicted octanol–water partition coefficient (Wildman–Crippen LogP) is 5.52.